The van der Waals surface area contributed by atoms with Gasteiger partial charge in [-0.2, -0.15) is 0 Å². The Morgan fingerprint density at radius 2 is 2.33 bits per heavy atom. The van der Waals surface area contributed by atoms with E-state index in [9.17, 15) is 0 Å². The van der Waals surface area contributed by atoms with Crippen LogP contribution in [0.4, 0.5) is 0 Å². The predicted octanol–water partition coefficient (Wildman–Crippen LogP) is 1.87. The second kappa shape index (κ2) is 4.05. The van der Waals surface area contributed by atoms with E-state index in [0.29, 0.717) is 18.4 Å². The van der Waals surface area contributed by atoms with Crippen LogP contribution in [0.2, 0.25) is 0 Å². The van der Waals surface area contributed by atoms with Gasteiger partial charge in [-0.1, -0.05) is 13.8 Å². The topological polar surface area (TPSA) is 54.7 Å². The summed E-state index contributed by atoms with van der Waals surface area (Å²) in [6.45, 7) is 4.93. The summed E-state index contributed by atoms with van der Waals surface area (Å²) in [6, 6.07) is 0. The van der Waals surface area contributed by atoms with E-state index in [2.05, 4.69) is 39.7 Å². The van der Waals surface area contributed by atoms with Gasteiger partial charge in [-0.15, -0.1) is 0 Å². The van der Waals surface area contributed by atoms with Gasteiger partial charge >= 0.3 is 0 Å². The lowest BCUT2D eigenvalue weighted by Gasteiger charge is -2.15. The van der Waals surface area contributed by atoms with E-state index in [4.69, 9.17) is 5.73 Å². The molecule has 68 valence electrons. The highest BCUT2D eigenvalue weighted by atomic mass is 79.9. The number of halogens is 1. The minimum atomic E-state index is 0.330. The smallest absolute Gasteiger partial charge is 0.111 e. The molecule has 4 heteroatoms. The third-order valence-corrected chi connectivity index (χ3v) is 2.38. The third-order valence-electron chi connectivity index (χ3n) is 1.97. The van der Waals surface area contributed by atoms with Crippen molar-refractivity contribution < 1.29 is 0 Å². The number of nitrogens with one attached hydrogen (secondary N) is 1. The molecule has 1 aromatic heterocycles. The minimum Gasteiger partial charge on any atom is -0.336 e. The minimum absolute atomic E-state index is 0.330. The molecular weight excluding hydrogens is 218 g/mol. The van der Waals surface area contributed by atoms with Gasteiger partial charge < -0.3 is 10.7 Å². The summed E-state index contributed by atoms with van der Waals surface area (Å²) in [7, 11) is 0. The molecule has 0 fully saturated rings. The van der Waals surface area contributed by atoms with Crippen LogP contribution >= 0.6 is 15.9 Å². The molecule has 0 aliphatic heterocycles. The summed E-state index contributed by atoms with van der Waals surface area (Å²) < 4.78 is 0.914. The van der Waals surface area contributed by atoms with Crippen molar-refractivity contribution in [3.63, 3.8) is 0 Å². The van der Waals surface area contributed by atoms with Gasteiger partial charge in [-0.3, -0.25) is 0 Å². The molecule has 0 saturated heterocycles. The Morgan fingerprint density at radius 3 is 2.67 bits per heavy atom. The van der Waals surface area contributed by atoms with Gasteiger partial charge in [0.25, 0.3) is 0 Å². The van der Waals surface area contributed by atoms with Crippen molar-refractivity contribution in [1.29, 1.82) is 0 Å². The van der Waals surface area contributed by atoms with Crippen molar-refractivity contribution in [3.05, 3.63) is 16.6 Å². The first-order valence-electron chi connectivity index (χ1n) is 4.05. The highest BCUT2D eigenvalue weighted by Gasteiger charge is 2.16. The standard InChI is InChI=1S/C8H14BrN3/c1-5(2)6(3-10)8-11-4-7(9)12-8/h4-6H,3,10H2,1-2H3,(H,11,12). The van der Waals surface area contributed by atoms with Gasteiger partial charge in [0, 0.05) is 12.5 Å². The fourth-order valence-corrected chi connectivity index (χ4v) is 1.51. The first-order valence-corrected chi connectivity index (χ1v) is 4.85. The van der Waals surface area contributed by atoms with Gasteiger partial charge in [0.2, 0.25) is 0 Å². The van der Waals surface area contributed by atoms with E-state index in [-0.39, 0.29) is 0 Å². The molecule has 1 heterocycles. The van der Waals surface area contributed by atoms with Crippen LogP contribution in [0.1, 0.15) is 25.6 Å². The first kappa shape index (κ1) is 9.74. The summed E-state index contributed by atoms with van der Waals surface area (Å²) in [6.07, 6.45) is 1.76. The Kier molecular flexibility index (Phi) is 3.29. The number of hydrogen-bond donors (Lipinski definition) is 2. The maximum absolute atomic E-state index is 5.64. The van der Waals surface area contributed by atoms with Crippen LogP contribution in [0.15, 0.2) is 10.8 Å². The van der Waals surface area contributed by atoms with Crippen molar-refractivity contribution in [3.8, 4) is 0 Å². The van der Waals surface area contributed by atoms with E-state index >= 15 is 0 Å². The number of aromatic nitrogens is 2. The van der Waals surface area contributed by atoms with Crippen molar-refractivity contribution in [2.45, 2.75) is 19.8 Å². The predicted molar refractivity (Wildman–Crippen MR) is 52.9 cm³/mol. The Balaban J connectivity index is 2.80. The van der Waals surface area contributed by atoms with Crippen LogP contribution in [0.5, 0.6) is 0 Å². The van der Waals surface area contributed by atoms with E-state index in [1.165, 1.54) is 0 Å². The molecule has 1 atom stereocenters. The molecular formula is C8H14BrN3. The van der Waals surface area contributed by atoms with E-state index in [0.717, 1.165) is 10.4 Å². The number of aromatic amines is 1. The lowest BCUT2D eigenvalue weighted by molar-refractivity contribution is 0.486. The summed E-state index contributed by atoms with van der Waals surface area (Å²) in [5.41, 5.74) is 5.64. The Labute approximate surface area is 80.9 Å². The van der Waals surface area contributed by atoms with Gasteiger partial charge in [0.15, 0.2) is 0 Å². The van der Waals surface area contributed by atoms with Crippen LogP contribution in [0.3, 0.4) is 0 Å². The Bertz CT molecular complexity index is 244. The highest BCUT2D eigenvalue weighted by Crippen LogP contribution is 2.21. The number of rotatable bonds is 3. The lowest BCUT2D eigenvalue weighted by atomic mass is 9.95. The van der Waals surface area contributed by atoms with Gasteiger partial charge in [0.05, 0.1) is 6.20 Å². The average Bonchev–Trinajstić information content (AvgIpc) is 2.37. The Morgan fingerprint density at radius 1 is 1.67 bits per heavy atom. The molecule has 0 aliphatic rings. The molecule has 3 N–H and O–H groups in total. The largest absolute Gasteiger partial charge is 0.336 e. The number of imidazole rings is 1. The molecule has 3 nitrogen and oxygen atoms in total. The van der Waals surface area contributed by atoms with E-state index < -0.39 is 0 Å². The zero-order chi connectivity index (χ0) is 9.14. The van der Waals surface area contributed by atoms with E-state index in [1.807, 2.05) is 0 Å². The number of hydrogen-bond acceptors (Lipinski definition) is 2. The van der Waals surface area contributed by atoms with Gasteiger partial charge in [-0.05, 0) is 21.8 Å². The molecule has 1 rings (SSSR count). The fraction of sp³-hybridized carbons (Fsp3) is 0.625. The highest BCUT2D eigenvalue weighted by molar-refractivity contribution is 9.10. The second-order valence-corrected chi connectivity index (χ2v) is 4.06. The fourth-order valence-electron chi connectivity index (χ4n) is 1.20. The summed E-state index contributed by atoms with van der Waals surface area (Å²) >= 11 is 3.32. The van der Waals surface area contributed by atoms with Crippen molar-refractivity contribution >= 4 is 15.9 Å². The molecule has 0 saturated carbocycles. The van der Waals surface area contributed by atoms with Crippen LogP contribution in [-0.2, 0) is 0 Å². The van der Waals surface area contributed by atoms with Crippen LogP contribution in [0, 0.1) is 5.92 Å². The van der Waals surface area contributed by atoms with Crippen LogP contribution in [0.25, 0.3) is 0 Å². The zero-order valence-corrected chi connectivity index (χ0v) is 8.93. The summed E-state index contributed by atoms with van der Waals surface area (Å²) in [5, 5.41) is 0. The average molecular weight is 232 g/mol. The first-order chi connectivity index (χ1) is 5.65. The summed E-state index contributed by atoms with van der Waals surface area (Å²) in [5.74, 6) is 1.82. The van der Waals surface area contributed by atoms with Crippen LogP contribution in [-0.4, -0.2) is 16.5 Å². The molecule has 0 bridgehead atoms. The van der Waals surface area contributed by atoms with E-state index in [1.54, 1.807) is 6.20 Å². The third kappa shape index (κ3) is 2.08. The molecule has 0 aliphatic carbocycles. The maximum Gasteiger partial charge on any atom is 0.111 e. The van der Waals surface area contributed by atoms with Crippen molar-refractivity contribution in [2.24, 2.45) is 11.7 Å². The molecule has 0 aromatic carbocycles. The summed E-state index contributed by atoms with van der Waals surface area (Å²) in [4.78, 5) is 7.36. The van der Waals surface area contributed by atoms with Gasteiger partial charge in [-0.25, -0.2) is 4.98 Å². The molecule has 1 aromatic rings. The van der Waals surface area contributed by atoms with Gasteiger partial charge in [0.1, 0.15) is 10.4 Å². The van der Waals surface area contributed by atoms with Crippen molar-refractivity contribution in [2.75, 3.05) is 6.54 Å². The number of H-pyrrole nitrogens is 1. The normalized spacial score (nSPS) is 13.8. The van der Waals surface area contributed by atoms with Crippen LogP contribution < -0.4 is 5.73 Å². The lowest BCUT2D eigenvalue weighted by Crippen LogP contribution is -2.18. The zero-order valence-electron chi connectivity index (χ0n) is 7.34. The molecule has 0 amide bonds. The molecule has 0 radical (unpaired) electrons. The number of nitrogens with zero attached hydrogens (tertiary/aromatic N) is 1. The second-order valence-electron chi connectivity index (χ2n) is 3.20. The Hall–Kier alpha value is -0.350. The quantitative estimate of drug-likeness (QED) is 0.835. The monoisotopic (exact) mass is 231 g/mol. The molecule has 1 unspecified atom stereocenters. The van der Waals surface area contributed by atoms with Crippen molar-refractivity contribution in [1.82, 2.24) is 9.97 Å². The SMILES string of the molecule is CC(C)C(CN)c1ncc(Br)[nH]1. The number of nitrogens with two attached hydrogens (primary N) is 1. The maximum atomic E-state index is 5.64. The molecule has 0 spiro atoms. The molecule has 12 heavy (non-hydrogen) atoms.